The van der Waals surface area contributed by atoms with Crippen LogP contribution in [0.3, 0.4) is 0 Å². The highest BCUT2D eigenvalue weighted by Crippen LogP contribution is 2.07. The molecule has 0 aromatic rings. The van der Waals surface area contributed by atoms with Gasteiger partial charge in [0, 0.05) is 12.3 Å². The van der Waals surface area contributed by atoms with E-state index in [4.69, 9.17) is 0 Å². The predicted octanol–water partition coefficient (Wildman–Crippen LogP) is 4.50. The van der Waals surface area contributed by atoms with Crippen LogP contribution < -0.4 is 0 Å². The minimum Gasteiger partial charge on any atom is -0.303 e. The summed E-state index contributed by atoms with van der Waals surface area (Å²) < 4.78 is 0. The van der Waals surface area contributed by atoms with Crippen molar-refractivity contribution in [2.24, 2.45) is 5.92 Å². The molecule has 0 saturated carbocycles. The molecule has 18 heavy (non-hydrogen) atoms. The van der Waals surface area contributed by atoms with Gasteiger partial charge in [-0.2, -0.15) is 0 Å². The Balaban J connectivity index is 0. The number of unbranched alkanes of at least 4 members (excludes halogenated alkanes) is 1. The number of aldehydes is 2. The monoisotopic (exact) mass is 252 g/mol. The van der Waals surface area contributed by atoms with Crippen LogP contribution >= 0.6 is 0 Å². The van der Waals surface area contributed by atoms with Crippen LogP contribution in [0.25, 0.3) is 0 Å². The van der Waals surface area contributed by atoms with Crippen molar-refractivity contribution in [2.45, 2.75) is 60.3 Å². The van der Waals surface area contributed by atoms with Gasteiger partial charge in [0.2, 0.25) is 0 Å². The van der Waals surface area contributed by atoms with Gasteiger partial charge in [-0.05, 0) is 47.0 Å². The van der Waals surface area contributed by atoms with Crippen molar-refractivity contribution in [3.63, 3.8) is 0 Å². The summed E-state index contributed by atoms with van der Waals surface area (Å²) in [4.78, 5) is 20.0. The fourth-order valence-corrected chi connectivity index (χ4v) is 1.28. The van der Waals surface area contributed by atoms with Gasteiger partial charge in [0.15, 0.2) is 0 Å². The van der Waals surface area contributed by atoms with Gasteiger partial charge in [-0.25, -0.2) is 0 Å². The molecule has 0 heterocycles. The van der Waals surface area contributed by atoms with Crippen molar-refractivity contribution >= 4 is 12.6 Å². The fraction of sp³-hybridized carbons (Fsp3) is 0.625. The molecule has 104 valence electrons. The first kappa shape index (κ1) is 19.2. The van der Waals surface area contributed by atoms with E-state index in [-0.39, 0.29) is 5.92 Å². The van der Waals surface area contributed by atoms with Gasteiger partial charge in [-0.3, -0.25) is 0 Å². The maximum Gasteiger partial charge on any atom is 0.123 e. The molecule has 0 spiro atoms. The smallest absolute Gasteiger partial charge is 0.123 e. The van der Waals surface area contributed by atoms with Gasteiger partial charge >= 0.3 is 0 Å². The van der Waals surface area contributed by atoms with Crippen LogP contribution in [0, 0.1) is 5.92 Å². The number of allylic oxidation sites excluding steroid dienone is 4. The molecule has 1 unspecified atom stereocenters. The average Bonchev–Trinajstić information content (AvgIpc) is 2.39. The molecule has 1 atom stereocenters. The number of hydrogen-bond acceptors (Lipinski definition) is 2. The molecule has 0 saturated heterocycles. The van der Waals surface area contributed by atoms with Crippen LogP contribution in [0.4, 0.5) is 0 Å². The van der Waals surface area contributed by atoms with Crippen LogP contribution in [0.2, 0.25) is 0 Å². The summed E-state index contributed by atoms with van der Waals surface area (Å²) in [6.45, 7) is 10.1. The van der Waals surface area contributed by atoms with E-state index in [1.165, 1.54) is 11.1 Å². The molecule has 0 bridgehead atoms. The summed E-state index contributed by atoms with van der Waals surface area (Å²) in [5.41, 5.74) is 2.66. The zero-order valence-corrected chi connectivity index (χ0v) is 12.5. The van der Waals surface area contributed by atoms with E-state index in [1.54, 1.807) is 0 Å². The molecule has 0 aliphatic heterocycles. The third-order valence-corrected chi connectivity index (χ3v) is 2.75. The van der Waals surface area contributed by atoms with E-state index in [9.17, 15) is 9.59 Å². The zero-order valence-electron chi connectivity index (χ0n) is 12.5. The quantitative estimate of drug-likeness (QED) is 0.380. The van der Waals surface area contributed by atoms with E-state index < -0.39 is 0 Å². The summed E-state index contributed by atoms with van der Waals surface area (Å²) in [7, 11) is 0. The Morgan fingerprint density at radius 1 is 1.06 bits per heavy atom. The third-order valence-electron chi connectivity index (χ3n) is 2.75. The van der Waals surface area contributed by atoms with Crippen molar-refractivity contribution in [1.29, 1.82) is 0 Å². The second-order valence-electron chi connectivity index (χ2n) is 4.65. The van der Waals surface area contributed by atoms with Crippen molar-refractivity contribution in [1.82, 2.24) is 0 Å². The average molecular weight is 252 g/mol. The molecule has 0 aliphatic carbocycles. The molecule has 0 aromatic carbocycles. The first-order chi connectivity index (χ1) is 8.51. The largest absolute Gasteiger partial charge is 0.303 e. The molecule has 0 radical (unpaired) electrons. The number of hydrogen-bond donors (Lipinski definition) is 0. The van der Waals surface area contributed by atoms with Crippen molar-refractivity contribution in [3.05, 3.63) is 23.3 Å². The minimum atomic E-state index is 0.182. The zero-order chi connectivity index (χ0) is 14.4. The second-order valence-corrected chi connectivity index (χ2v) is 4.65. The third kappa shape index (κ3) is 14.8. The minimum absolute atomic E-state index is 0.182. The molecular weight excluding hydrogens is 224 g/mol. The summed E-state index contributed by atoms with van der Waals surface area (Å²) in [6, 6.07) is 0. The van der Waals surface area contributed by atoms with E-state index in [2.05, 4.69) is 13.0 Å². The van der Waals surface area contributed by atoms with Gasteiger partial charge in [0.25, 0.3) is 0 Å². The SMILES string of the molecule is C/C=C(\C)CC(C)C=O.C/C=C(\C)CCCC=O. The Morgan fingerprint density at radius 3 is 2.00 bits per heavy atom. The highest BCUT2D eigenvalue weighted by molar-refractivity contribution is 5.53. The van der Waals surface area contributed by atoms with Crippen LogP contribution in [0.15, 0.2) is 23.3 Å². The molecule has 0 aromatic heterocycles. The Kier molecular flexibility index (Phi) is 14.8. The molecule has 0 fully saturated rings. The molecule has 0 rings (SSSR count). The van der Waals surface area contributed by atoms with Crippen LogP contribution in [0.1, 0.15) is 60.3 Å². The maximum atomic E-state index is 10.1. The highest BCUT2D eigenvalue weighted by Gasteiger charge is 1.97. The lowest BCUT2D eigenvalue weighted by Gasteiger charge is -2.00. The van der Waals surface area contributed by atoms with E-state index in [1.807, 2.05) is 33.8 Å². The molecule has 0 amide bonds. The van der Waals surface area contributed by atoms with Crippen LogP contribution in [0.5, 0.6) is 0 Å². The Bertz CT molecular complexity index is 275. The first-order valence-corrected chi connectivity index (χ1v) is 6.64. The molecule has 2 heteroatoms. The first-order valence-electron chi connectivity index (χ1n) is 6.64. The van der Waals surface area contributed by atoms with Gasteiger partial charge in [-0.1, -0.05) is 30.2 Å². The van der Waals surface area contributed by atoms with Gasteiger partial charge in [-0.15, -0.1) is 0 Å². The lowest BCUT2D eigenvalue weighted by Crippen LogP contribution is -1.95. The van der Waals surface area contributed by atoms with E-state index in [0.29, 0.717) is 6.42 Å². The summed E-state index contributed by atoms with van der Waals surface area (Å²) in [6.07, 6.45) is 9.76. The Morgan fingerprint density at radius 2 is 1.61 bits per heavy atom. The van der Waals surface area contributed by atoms with Crippen molar-refractivity contribution in [2.75, 3.05) is 0 Å². The van der Waals surface area contributed by atoms with Gasteiger partial charge in [0.1, 0.15) is 12.6 Å². The Labute approximate surface area is 112 Å². The van der Waals surface area contributed by atoms with Crippen molar-refractivity contribution < 1.29 is 9.59 Å². The molecule has 0 aliphatic rings. The number of carbonyl (C=O) groups excluding carboxylic acids is 2. The highest BCUT2D eigenvalue weighted by atomic mass is 16.1. The summed E-state index contributed by atoms with van der Waals surface area (Å²) in [5, 5.41) is 0. The number of rotatable bonds is 7. The Hall–Kier alpha value is -1.18. The lowest BCUT2D eigenvalue weighted by molar-refractivity contribution is -0.110. The van der Waals surface area contributed by atoms with E-state index in [0.717, 1.165) is 31.8 Å². The summed E-state index contributed by atoms with van der Waals surface area (Å²) >= 11 is 0. The number of carbonyl (C=O) groups is 2. The fourth-order valence-electron chi connectivity index (χ4n) is 1.28. The molecule has 2 nitrogen and oxygen atoms in total. The normalized spacial score (nSPS) is 13.4. The standard InChI is InChI=1S/2C8H14O/c1-4-7(2)5-8(3)6-9;1-3-8(2)6-4-5-7-9/h4,6,8H,5H2,1-3H3;3,7H,4-6H2,1-2H3/b7-4+;8-3+. The molecule has 0 N–H and O–H groups in total. The van der Waals surface area contributed by atoms with Gasteiger partial charge in [0.05, 0.1) is 0 Å². The summed E-state index contributed by atoms with van der Waals surface area (Å²) in [5.74, 6) is 0.182. The maximum absolute atomic E-state index is 10.1. The second kappa shape index (κ2) is 13.9. The molecular formula is C16H28O2. The van der Waals surface area contributed by atoms with Crippen molar-refractivity contribution in [3.8, 4) is 0 Å². The van der Waals surface area contributed by atoms with E-state index >= 15 is 0 Å². The predicted molar refractivity (Wildman–Crippen MR) is 78.6 cm³/mol. The topological polar surface area (TPSA) is 34.1 Å². The van der Waals surface area contributed by atoms with Gasteiger partial charge < -0.3 is 9.59 Å². The van der Waals surface area contributed by atoms with Crippen LogP contribution in [-0.2, 0) is 9.59 Å². The van der Waals surface area contributed by atoms with Crippen LogP contribution in [-0.4, -0.2) is 12.6 Å². The lowest BCUT2D eigenvalue weighted by atomic mass is 10.0.